The maximum absolute atomic E-state index is 9.96. The van der Waals surface area contributed by atoms with Crippen molar-refractivity contribution in [1.82, 2.24) is 5.32 Å². The summed E-state index contributed by atoms with van der Waals surface area (Å²) in [6.07, 6.45) is 4.26. The molecule has 1 aliphatic carbocycles. The Kier molecular flexibility index (Phi) is 4.19. The molecular formula is C15H23NO. The zero-order valence-corrected chi connectivity index (χ0v) is 10.8. The zero-order valence-electron chi connectivity index (χ0n) is 10.8. The second kappa shape index (κ2) is 5.65. The summed E-state index contributed by atoms with van der Waals surface area (Å²) in [4.78, 5) is 0. The highest BCUT2D eigenvalue weighted by Gasteiger charge is 2.24. The third-order valence-electron chi connectivity index (χ3n) is 3.74. The molecule has 0 aliphatic heterocycles. The first-order chi connectivity index (χ1) is 8.16. The fourth-order valence-electron chi connectivity index (χ4n) is 2.66. The van der Waals surface area contributed by atoms with Gasteiger partial charge in [0, 0.05) is 12.1 Å². The molecule has 1 aromatic rings. The van der Waals surface area contributed by atoms with Crippen LogP contribution in [0, 0.1) is 6.92 Å². The van der Waals surface area contributed by atoms with E-state index < -0.39 is 0 Å². The Morgan fingerprint density at radius 2 is 2.06 bits per heavy atom. The van der Waals surface area contributed by atoms with Gasteiger partial charge in [-0.1, -0.05) is 42.7 Å². The summed E-state index contributed by atoms with van der Waals surface area (Å²) in [5, 5.41) is 13.5. The van der Waals surface area contributed by atoms with E-state index in [-0.39, 0.29) is 12.1 Å². The van der Waals surface area contributed by atoms with E-state index in [0.717, 1.165) is 19.3 Å². The Hall–Kier alpha value is -0.860. The van der Waals surface area contributed by atoms with Gasteiger partial charge >= 0.3 is 0 Å². The number of hydrogen-bond donors (Lipinski definition) is 2. The number of rotatable bonds is 3. The Balaban J connectivity index is 1.98. The summed E-state index contributed by atoms with van der Waals surface area (Å²) in [5.74, 6) is 0. The van der Waals surface area contributed by atoms with Gasteiger partial charge in [0.05, 0.1) is 6.10 Å². The lowest BCUT2D eigenvalue weighted by atomic mass is 9.91. The normalized spacial score (nSPS) is 26.8. The van der Waals surface area contributed by atoms with Crippen molar-refractivity contribution in [3.8, 4) is 0 Å². The molecule has 2 heteroatoms. The van der Waals surface area contributed by atoms with E-state index in [1.807, 2.05) is 0 Å². The Morgan fingerprint density at radius 3 is 2.76 bits per heavy atom. The SMILES string of the molecule is Cc1cccc(C(C)NC2CCCCC2O)c1. The smallest absolute Gasteiger partial charge is 0.0693 e. The van der Waals surface area contributed by atoms with E-state index in [1.54, 1.807) is 0 Å². The minimum Gasteiger partial charge on any atom is -0.392 e. The first-order valence-corrected chi connectivity index (χ1v) is 6.67. The number of aliphatic hydroxyl groups excluding tert-OH is 1. The molecule has 3 atom stereocenters. The van der Waals surface area contributed by atoms with Gasteiger partial charge in [0.15, 0.2) is 0 Å². The summed E-state index contributed by atoms with van der Waals surface area (Å²) >= 11 is 0. The van der Waals surface area contributed by atoms with Crippen LogP contribution in [0.1, 0.15) is 49.8 Å². The Bertz CT molecular complexity index is 364. The molecule has 0 bridgehead atoms. The van der Waals surface area contributed by atoms with E-state index in [0.29, 0.717) is 6.04 Å². The van der Waals surface area contributed by atoms with Crippen molar-refractivity contribution in [2.24, 2.45) is 0 Å². The lowest BCUT2D eigenvalue weighted by molar-refractivity contribution is 0.0860. The largest absolute Gasteiger partial charge is 0.392 e. The summed E-state index contributed by atoms with van der Waals surface area (Å²) in [6.45, 7) is 4.29. The molecule has 0 radical (unpaired) electrons. The third kappa shape index (κ3) is 3.30. The van der Waals surface area contributed by atoms with Crippen LogP contribution in [0.25, 0.3) is 0 Å². The van der Waals surface area contributed by atoms with Crippen LogP contribution in [-0.2, 0) is 0 Å². The molecule has 0 heterocycles. The van der Waals surface area contributed by atoms with Crippen molar-refractivity contribution < 1.29 is 5.11 Å². The van der Waals surface area contributed by atoms with Crippen LogP contribution >= 0.6 is 0 Å². The number of benzene rings is 1. The molecule has 0 spiro atoms. The molecular weight excluding hydrogens is 210 g/mol. The van der Waals surface area contributed by atoms with Crippen molar-refractivity contribution in [3.05, 3.63) is 35.4 Å². The van der Waals surface area contributed by atoms with Crippen molar-refractivity contribution >= 4 is 0 Å². The van der Waals surface area contributed by atoms with Gasteiger partial charge in [0.2, 0.25) is 0 Å². The molecule has 1 aliphatic rings. The second-order valence-corrected chi connectivity index (χ2v) is 5.26. The van der Waals surface area contributed by atoms with Crippen LogP contribution in [0.15, 0.2) is 24.3 Å². The topological polar surface area (TPSA) is 32.3 Å². The Morgan fingerprint density at radius 1 is 1.29 bits per heavy atom. The maximum Gasteiger partial charge on any atom is 0.0693 e. The minimum atomic E-state index is -0.170. The van der Waals surface area contributed by atoms with Crippen molar-refractivity contribution in [1.29, 1.82) is 0 Å². The standard InChI is InChI=1S/C15H23NO/c1-11-6-5-7-13(10-11)12(2)16-14-8-3-4-9-15(14)17/h5-7,10,12,14-17H,3-4,8-9H2,1-2H3. The van der Waals surface area contributed by atoms with Crippen LogP contribution in [0.5, 0.6) is 0 Å². The monoisotopic (exact) mass is 233 g/mol. The van der Waals surface area contributed by atoms with Crippen molar-refractivity contribution in [2.75, 3.05) is 0 Å². The first kappa shape index (κ1) is 12.6. The van der Waals surface area contributed by atoms with Crippen molar-refractivity contribution in [3.63, 3.8) is 0 Å². The van der Waals surface area contributed by atoms with Gasteiger partial charge in [0.1, 0.15) is 0 Å². The molecule has 0 amide bonds. The van der Waals surface area contributed by atoms with Gasteiger partial charge in [0.25, 0.3) is 0 Å². The lowest BCUT2D eigenvalue weighted by Gasteiger charge is -2.31. The first-order valence-electron chi connectivity index (χ1n) is 6.67. The van der Waals surface area contributed by atoms with Crippen LogP contribution in [0.4, 0.5) is 0 Å². The highest BCUT2D eigenvalue weighted by molar-refractivity contribution is 5.24. The summed E-state index contributed by atoms with van der Waals surface area (Å²) < 4.78 is 0. The third-order valence-corrected chi connectivity index (χ3v) is 3.74. The number of hydrogen-bond acceptors (Lipinski definition) is 2. The molecule has 17 heavy (non-hydrogen) atoms. The zero-order chi connectivity index (χ0) is 12.3. The predicted octanol–water partition coefficient (Wildman–Crippen LogP) is 2.95. The summed E-state index contributed by atoms with van der Waals surface area (Å²) in [6, 6.07) is 9.16. The average molecular weight is 233 g/mol. The molecule has 2 rings (SSSR count). The van der Waals surface area contributed by atoms with Crippen molar-refractivity contribution in [2.45, 2.75) is 57.7 Å². The average Bonchev–Trinajstić information content (AvgIpc) is 2.32. The number of nitrogens with one attached hydrogen (secondary N) is 1. The molecule has 1 saturated carbocycles. The van der Waals surface area contributed by atoms with E-state index >= 15 is 0 Å². The highest BCUT2D eigenvalue weighted by Crippen LogP contribution is 2.22. The van der Waals surface area contributed by atoms with Gasteiger partial charge < -0.3 is 10.4 Å². The van der Waals surface area contributed by atoms with Crippen LogP contribution in [0.3, 0.4) is 0 Å². The molecule has 2 nitrogen and oxygen atoms in total. The second-order valence-electron chi connectivity index (χ2n) is 5.26. The van der Waals surface area contributed by atoms with E-state index in [4.69, 9.17) is 0 Å². The fraction of sp³-hybridized carbons (Fsp3) is 0.600. The van der Waals surface area contributed by atoms with Gasteiger partial charge in [-0.3, -0.25) is 0 Å². The molecule has 0 aromatic heterocycles. The van der Waals surface area contributed by atoms with E-state index in [1.165, 1.54) is 17.5 Å². The minimum absolute atomic E-state index is 0.170. The van der Waals surface area contributed by atoms with Crippen LogP contribution in [0.2, 0.25) is 0 Å². The quantitative estimate of drug-likeness (QED) is 0.841. The summed E-state index contributed by atoms with van der Waals surface area (Å²) in [5.41, 5.74) is 2.60. The predicted molar refractivity (Wildman–Crippen MR) is 71.0 cm³/mol. The summed E-state index contributed by atoms with van der Waals surface area (Å²) in [7, 11) is 0. The lowest BCUT2D eigenvalue weighted by Crippen LogP contribution is -2.43. The molecule has 3 unspecified atom stereocenters. The molecule has 2 N–H and O–H groups in total. The molecule has 0 saturated heterocycles. The van der Waals surface area contributed by atoms with Gasteiger partial charge in [-0.25, -0.2) is 0 Å². The van der Waals surface area contributed by atoms with Crippen LogP contribution in [-0.4, -0.2) is 17.3 Å². The van der Waals surface area contributed by atoms with Crippen LogP contribution < -0.4 is 5.32 Å². The van der Waals surface area contributed by atoms with E-state index in [9.17, 15) is 5.11 Å². The highest BCUT2D eigenvalue weighted by atomic mass is 16.3. The van der Waals surface area contributed by atoms with Gasteiger partial charge in [-0.05, 0) is 32.3 Å². The van der Waals surface area contributed by atoms with Gasteiger partial charge in [-0.15, -0.1) is 0 Å². The molecule has 94 valence electrons. The fourth-order valence-corrected chi connectivity index (χ4v) is 2.66. The molecule has 1 aromatic carbocycles. The number of aliphatic hydroxyl groups is 1. The number of aryl methyl sites for hydroxylation is 1. The van der Waals surface area contributed by atoms with Gasteiger partial charge in [-0.2, -0.15) is 0 Å². The van der Waals surface area contributed by atoms with E-state index in [2.05, 4.69) is 43.4 Å². The maximum atomic E-state index is 9.96. The molecule has 1 fully saturated rings. The Labute approximate surface area is 104 Å².